The summed E-state index contributed by atoms with van der Waals surface area (Å²) in [6.07, 6.45) is 7.10. The smallest absolute Gasteiger partial charge is 0.0187 e. The molecule has 2 aliphatic carbocycles. The maximum absolute atomic E-state index is 6.13. The molecule has 1 atom stereocenters. The van der Waals surface area contributed by atoms with Crippen LogP contribution in [0.15, 0.2) is 22.3 Å². The van der Waals surface area contributed by atoms with Gasteiger partial charge < -0.3 is 0 Å². The van der Waals surface area contributed by atoms with Crippen LogP contribution in [-0.2, 0) is 0 Å². The number of hydrogen-bond acceptors (Lipinski definition) is 0. The van der Waals surface area contributed by atoms with Crippen molar-refractivity contribution in [3.8, 4) is 0 Å². The highest BCUT2D eigenvalue weighted by atomic mass is 35.5. The quantitative estimate of drug-likeness (QED) is 0.591. The molecule has 0 aliphatic heterocycles. The van der Waals surface area contributed by atoms with Crippen LogP contribution in [0.1, 0.15) is 46.5 Å². The van der Waals surface area contributed by atoms with E-state index in [2.05, 4.69) is 26.8 Å². The van der Waals surface area contributed by atoms with E-state index in [0.29, 0.717) is 5.41 Å². The van der Waals surface area contributed by atoms with Gasteiger partial charge in [0.2, 0.25) is 0 Å². The summed E-state index contributed by atoms with van der Waals surface area (Å²) in [6.45, 7) is 7.00. The Bertz CT molecular complexity index is 307. The minimum Gasteiger partial charge on any atom is -0.0891 e. The van der Waals surface area contributed by atoms with E-state index in [1.807, 2.05) is 0 Å². The summed E-state index contributed by atoms with van der Waals surface area (Å²) in [7, 11) is 0. The molecule has 0 spiro atoms. The molecule has 0 aromatic rings. The molecule has 0 radical (unpaired) electrons. The molecule has 0 amide bonds. The molecule has 0 nitrogen and oxygen atoms in total. The molecular formula is C13H19Cl. The largest absolute Gasteiger partial charge is 0.0891 e. The highest BCUT2D eigenvalue weighted by Gasteiger charge is 2.38. The topological polar surface area (TPSA) is 0 Å². The molecular weight excluding hydrogens is 192 g/mol. The standard InChI is InChI=1S/C13H19Cl/c1-4-9-8-13(2,3)12-7-10(14)5-6-11(9)12/h7,9H,4-6,8H2,1-3H3/t9-/m0/s1. The number of rotatable bonds is 1. The summed E-state index contributed by atoms with van der Waals surface area (Å²) in [5.74, 6) is 0.820. The predicted octanol–water partition coefficient (Wildman–Crippen LogP) is 4.66. The highest BCUT2D eigenvalue weighted by molar-refractivity contribution is 6.29. The molecule has 14 heavy (non-hydrogen) atoms. The van der Waals surface area contributed by atoms with E-state index in [4.69, 9.17) is 11.6 Å². The SMILES string of the molecule is CC[C@H]1CC(C)(C)C2=C1CCC(Cl)=C2. The zero-order valence-corrected chi connectivity index (χ0v) is 10.1. The third-order valence-electron chi connectivity index (χ3n) is 3.75. The Morgan fingerprint density at radius 2 is 2.14 bits per heavy atom. The van der Waals surface area contributed by atoms with E-state index >= 15 is 0 Å². The number of halogens is 1. The van der Waals surface area contributed by atoms with E-state index in [1.165, 1.54) is 19.3 Å². The van der Waals surface area contributed by atoms with Crippen LogP contribution < -0.4 is 0 Å². The van der Waals surface area contributed by atoms with Gasteiger partial charge in [-0.2, -0.15) is 0 Å². The van der Waals surface area contributed by atoms with Crippen LogP contribution in [0, 0.1) is 11.3 Å². The van der Waals surface area contributed by atoms with Crippen LogP contribution in [0.5, 0.6) is 0 Å². The molecule has 1 heteroatoms. The van der Waals surface area contributed by atoms with Gasteiger partial charge in [0, 0.05) is 5.03 Å². The lowest BCUT2D eigenvalue weighted by molar-refractivity contribution is 0.387. The van der Waals surface area contributed by atoms with Gasteiger partial charge in [-0.1, -0.05) is 37.9 Å². The zero-order valence-electron chi connectivity index (χ0n) is 9.36. The van der Waals surface area contributed by atoms with E-state index in [9.17, 15) is 0 Å². The average molecular weight is 211 g/mol. The van der Waals surface area contributed by atoms with Crippen molar-refractivity contribution in [2.75, 3.05) is 0 Å². The molecule has 0 bridgehead atoms. The summed E-state index contributed by atoms with van der Waals surface area (Å²) >= 11 is 6.13. The second kappa shape index (κ2) is 3.41. The minimum atomic E-state index is 0.358. The first-order chi connectivity index (χ1) is 6.54. The second-order valence-electron chi connectivity index (χ2n) is 5.22. The van der Waals surface area contributed by atoms with E-state index in [-0.39, 0.29) is 0 Å². The predicted molar refractivity (Wildman–Crippen MR) is 62.4 cm³/mol. The Hall–Kier alpha value is -0.230. The summed E-state index contributed by atoms with van der Waals surface area (Å²) in [5.41, 5.74) is 3.60. The Labute approximate surface area is 92.0 Å². The number of allylic oxidation sites excluding steroid dienone is 4. The molecule has 2 rings (SSSR count). The normalized spacial score (nSPS) is 30.3. The lowest BCUT2D eigenvalue weighted by atomic mass is 9.83. The summed E-state index contributed by atoms with van der Waals surface area (Å²) in [4.78, 5) is 0. The molecule has 0 aromatic heterocycles. The minimum absolute atomic E-state index is 0.358. The van der Waals surface area contributed by atoms with Crippen LogP contribution in [0.2, 0.25) is 0 Å². The molecule has 0 heterocycles. The molecule has 0 saturated carbocycles. The molecule has 78 valence electrons. The Morgan fingerprint density at radius 3 is 2.79 bits per heavy atom. The van der Waals surface area contributed by atoms with Gasteiger partial charge in [-0.15, -0.1) is 0 Å². The van der Waals surface area contributed by atoms with Crippen molar-refractivity contribution < 1.29 is 0 Å². The first-order valence-electron chi connectivity index (χ1n) is 5.64. The lowest BCUT2D eigenvalue weighted by Crippen LogP contribution is -2.10. The van der Waals surface area contributed by atoms with Crippen molar-refractivity contribution in [1.29, 1.82) is 0 Å². The number of hydrogen-bond donors (Lipinski definition) is 0. The summed E-state index contributed by atoms with van der Waals surface area (Å²) in [5, 5.41) is 1.05. The van der Waals surface area contributed by atoms with E-state index in [0.717, 1.165) is 17.4 Å². The molecule has 0 N–H and O–H groups in total. The van der Waals surface area contributed by atoms with Crippen LogP contribution in [0.4, 0.5) is 0 Å². The van der Waals surface area contributed by atoms with Crippen molar-refractivity contribution >= 4 is 11.6 Å². The molecule has 2 aliphatic rings. The fraction of sp³-hybridized carbons (Fsp3) is 0.692. The van der Waals surface area contributed by atoms with Crippen molar-refractivity contribution in [3.05, 3.63) is 22.3 Å². The van der Waals surface area contributed by atoms with Crippen molar-refractivity contribution in [2.24, 2.45) is 11.3 Å². The Morgan fingerprint density at radius 1 is 1.43 bits per heavy atom. The molecule has 0 aromatic carbocycles. The third kappa shape index (κ3) is 1.54. The third-order valence-corrected chi connectivity index (χ3v) is 4.05. The highest BCUT2D eigenvalue weighted by Crippen LogP contribution is 2.51. The molecule has 0 fully saturated rings. The van der Waals surface area contributed by atoms with Crippen molar-refractivity contribution in [2.45, 2.75) is 46.5 Å². The first kappa shape index (κ1) is 10.3. The van der Waals surface area contributed by atoms with E-state index in [1.54, 1.807) is 11.1 Å². The van der Waals surface area contributed by atoms with Crippen LogP contribution in [0.3, 0.4) is 0 Å². The van der Waals surface area contributed by atoms with Crippen molar-refractivity contribution in [1.82, 2.24) is 0 Å². The first-order valence-corrected chi connectivity index (χ1v) is 6.02. The van der Waals surface area contributed by atoms with Gasteiger partial charge >= 0.3 is 0 Å². The summed E-state index contributed by atoms with van der Waals surface area (Å²) in [6, 6.07) is 0. The fourth-order valence-electron chi connectivity index (χ4n) is 3.00. The zero-order chi connectivity index (χ0) is 10.3. The Kier molecular flexibility index (Phi) is 2.51. The molecule has 0 saturated heterocycles. The van der Waals surface area contributed by atoms with Crippen molar-refractivity contribution in [3.63, 3.8) is 0 Å². The average Bonchev–Trinajstić information content (AvgIpc) is 2.38. The maximum Gasteiger partial charge on any atom is 0.0187 e. The van der Waals surface area contributed by atoms with Gasteiger partial charge in [0.1, 0.15) is 0 Å². The Balaban J connectivity index is 2.40. The van der Waals surface area contributed by atoms with Crippen LogP contribution in [0.25, 0.3) is 0 Å². The lowest BCUT2D eigenvalue weighted by Gasteiger charge is -2.22. The van der Waals surface area contributed by atoms with Gasteiger partial charge in [0.25, 0.3) is 0 Å². The van der Waals surface area contributed by atoms with Gasteiger partial charge in [-0.05, 0) is 48.7 Å². The van der Waals surface area contributed by atoms with Gasteiger partial charge in [-0.3, -0.25) is 0 Å². The monoisotopic (exact) mass is 210 g/mol. The maximum atomic E-state index is 6.13. The van der Waals surface area contributed by atoms with Crippen LogP contribution in [-0.4, -0.2) is 0 Å². The van der Waals surface area contributed by atoms with Crippen LogP contribution >= 0.6 is 11.6 Å². The fourth-order valence-corrected chi connectivity index (χ4v) is 3.21. The van der Waals surface area contributed by atoms with Gasteiger partial charge in [-0.25, -0.2) is 0 Å². The molecule has 0 unspecified atom stereocenters. The summed E-state index contributed by atoms with van der Waals surface area (Å²) < 4.78 is 0. The second-order valence-corrected chi connectivity index (χ2v) is 5.71. The van der Waals surface area contributed by atoms with Gasteiger partial charge in [0.15, 0.2) is 0 Å². The van der Waals surface area contributed by atoms with Gasteiger partial charge in [0.05, 0.1) is 0 Å². The van der Waals surface area contributed by atoms with E-state index < -0.39 is 0 Å².